The van der Waals surface area contributed by atoms with Crippen molar-refractivity contribution in [2.45, 2.75) is 161 Å². The van der Waals surface area contributed by atoms with Gasteiger partial charge >= 0.3 is 19.8 Å². The molecule has 0 saturated heterocycles. The first-order valence-corrected chi connectivity index (χ1v) is 21.0. The first-order chi connectivity index (χ1) is 25.0. The minimum Gasteiger partial charge on any atom is -0.462 e. The third-order valence-electron chi connectivity index (χ3n) is 8.08. The van der Waals surface area contributed by atoms with Crippen molar-refractivity contribution in [2.24, 2.45) is 5.92 Å². The van der Waals surface area contributed by atoms with Crippen LogP contribution in [-0.2, 0) is 32.7 Å². The molecule has 0 aliphatic carbocycles. The van der Waals surface area contributed by atoms with Crippen LogP contribution < -0.4 is 0 Å². The van der Waals surface area contributed by atoms with E-state index in [9.17, 15) is 29.3 Å². The van der Waals surface area contributed by atoms with Crippen LogP contribution in [0.25, 0.3) is 0 Å². The Kier molecular flexibility index (Phi) is 33.2. The number of carbonyl (C=O) groups excluding carboxylic acids is 2. The number of hydrogen-bond acceptors (Lipinski definition) is 10. The third-order valence-corrected chi connectivity index (χ3v) is 9.03. The molecule has 0 aromatic heterocycles. The minimum absolute atomic E-state index is 0.151. The Hall–Kier alpha value is -2.11. The summed E-state index contributed by atoms with van der Waals surface area (Å²) in [6.45, 7) is 4.27. The average Bonchev–Trinajstić information content (AvgIpc) is 3.11. The standard InChI is InChI=1S/C40H71O11P/c1-4-36(42)28-24-20-16-11-9-7-5-6-8-10-12-17-21-25-29-39(44)48-33-38(34-50-52(46,47)49-32-37(43)31-41)51-40(45)30-26-22-18-14-13-15-19-23-27-35(2)3/h6-9,12,16-17,20,35-38,41-43H,4-5,10-11,13-15,18-19,21-34H2,1-3H3,(H,46,47)/b8-6-,9-7-,17-12-,20-16-/t36-,37-,38+/m0/s1. The maximum Gasteiger partial charge on any atom is 0.472 e. The summed E-state index contributed by atoms with van der Waals surface area (Å²) in [6.07, 6.45) is 30.5. The quantitative estimate of drug-likeness (QED) is 0.0211. The number of ether oxygens (including phenoxy) is 2. The predicted molar refractivity (Wildman–Crippen MR) is 206 cm³/mol. The first kappa shape index (κ1) is 49.9. The molecule has 11 nitrogen and oxygen atoms in total. The molecule has 0 amide bonds. The summed E-state index contributed by atoms with van der Waals surface area (Å²) in [4.78, 5) is 34.8. The van der Waals surface area contributed by atoms with Crippen LogP contribution in [0.2, 0.25) is 0 Å². The third kappa shape index (κ3) is 34.9. The topological polar surface area (TPSA) is 169 Å². The molecular weight excluding hydrogens is 687 g/mol. The second-order valence-corrected chi connectivity index (χ2v) is 15.0. The molecule has 0 radical (unpaired) electrons. The number of phosphoric acid groups is 1. The van der Waals surface area contributed by atoms with Crippen LogP contribution in [0.3, 0.4) is 0 Å². The summed E-state index contributed by atoms with van der Waals surface area (Å²) in [5, 5.41) is 27.8. The van der Waals surface area contributed by atoms with Gasteiger partial charge in [-0.15, -0.1) is 0 Å². The predicted octanol–water partition coefficient (Wildman–Crippen LogP) is 8.60. The molecule has 0 saturated carbocycles. The molecule has 0 bridgehead atoms. The Morgan fingerprint density at radius 1 is 0.635 bits per heavy atom. The van der Waals surface area contributed by atoms with Crippen molar-refractivity contribution in [1.29, 1.82) is 0 Å². The van der Waals surface area contributed by atoms with Gasteiger partial charge in [-0.05, 0) is 63.7 Å². The van der Waals surface area contributed by atoms with Crippen molar-refractivity contribution in [3.8, 4) is 0 Å². The van der Waals surface area contributed by atoms with Gasteiger partial charge in [0.05, 0.1) is 25.9 Å². The van der Waals surface area contributed by atoms with E-state index in [-0.39, 0.29) is 25.6 Å². The summed E-state index contributed by atoms with van der Waals surface area (Å²) < 4.78 is 32.5. The molecule has 0 aromatic rings. The zero-order chi connectivity index (χ0) is 38.7. The molecule has 0 heterocycles. The van der Waals surface area contributed by atoms with E-state index in [1.54, 1.807) is 0 Å². The summed E-state index contributed by atoms with van der Waals surface area (Å²) in [5.74, 6) is -0.267. The fourth-order valence-corrected chi connectivity index (χ4v) is 5.64. The van der Waals surface area contributed by atoms with Crippen LogP contribution in [-0.4, -0.2) is 76.9 Å². The van der Waals surface area contributed by atoms with Crippen molar-refractivity contribution in [3.05, 3.63) is 48.6 Å². The molecule has 52 heavy (non-hydrogen) atoms. The summed E-state index contributed by atoms with van der Waals surface area (Å²) in [7, 11) is -4.63. The van der Waals surface area contributed by atoms with Gasteiger partial charge in [-0.25, -0.2) is 4.57 Å². The number of unbranched alkanes of at least 4 members (excludes halogenated alkanes) is 8. The molecule has 0 aromatic carbocycles. The number of aliphatic hydroxyl groups is 3. The van der Waals surface area contributed by atoms with Crippen molar-refractivity contribution in [1.82, 2.24) is 0 Å². The Bertz CT molecular complexity index is 1040. The van der Waals surface area contributed by atoms with Crippen molar-refractivity contribution >= 4 is 19.8 Å². The van der Waals surface area contributed by atoms with Crippen molar-refractivity contribution in [3.63, 3.8) is 0 Å². The van der Waals surface area contributed by atoms with E-state index in [2.05, 4.69) is 54.8 Å². The largest absolute Gasteiger partial charge is 0.472 e. The lowest BCUT2D eigenvalue weighted by Gasteiger charge is -2.20. The van der Waals surface area contributed by atoms with Gasteiger partial charge in [0.15, 0.2) is 6.10 Å². The normalized spacial score (nSPS) is 15.2. The van der Waals surface area contributed by atoms with Gasteiger partial charge in [0.2, 0.25) is 0 Å². The van der Waals surface area contributed by atoms with Crippen LogP contribution >= 0.6 is 7.82 Å². The highest BCUT2D eigenvalue weighted by Gasteiger charge is 2.27. The molecule has 12 heteroatoms. The van der Waals surface area contributed by atoms with Gasteiger partial charge in [-0.3, -0.25) is 18.6 Å². The van der Waals surface area contributed by atoms with E-state index in [1.807, 2.05) is 19.1 Å². The molecule has 4 N–H and O–H groups in total. The fourth-order valence-electron chi connectivity index (χ4n) is 4.85. The Balaban J connectivity index is 4.45. The van der Waals surface area contributed by atoms with Crippen LogP contribution in [0.4, 0.5) is 0 Å². The molecule has 0 spiro atoms. The number of allylic oxidation sites excluding steroid dienone is 8. The van der Waals surface area contributed by atoms with Crippen molar-refractivity contribution < 1.29 is 52.9 Å². The van der Waals surface area contributed by atoms with E-state index >= 15 is 0 Å². The first-order valence-electron chi connectivity index (χ1n) is 19.5. The molecule has 1 unspecified atom stereocenters. The Labute approximate surface area is 314 Å². The lowest BCUT2D eigenvalue weighted by atomic mass is 10.0. The maximum absolute atomic E-state index is 12.5. The zero-order valence-corrected chi connectivity index (χ0v) is 33.2. The van der Waals surface area contributed by atoms with Gasteiger partial charge in [0, 0.05) is 12.8 Å². The molecule has 0 fully saturated rings. The van der Waals surface area contributed by atoms with Gasteiger partial charge in [-0.1, -0.05) is 121 Å². The number of hydrogen-bond donors (Lipinski definition) is 4. The van der Waals surface area contributed by atoms with E-state index in [1.165, 1.54) is 32.1 Å². The van der Waals surface area contributed by atoms with Gasteiger partial charge in [-0.2, -0.15) is 0 Å². The number of phosphoric ester groups is 1. The average molecular weight is 759 g/mol. The monoisotopic (exact) mass is 758 g/mol. The molecule has 0 aliphatic rings. The van der Waals surface area contributed by atoms with Crippen LogP contribution in [0, 0.1) is 5.92 Å². The molecular formula is C40H71O11P. The van der Waals surface area contributed by atoms with Gasteiger partial charge < -0.3 is 29.7 Å². The lowest BCUT2D eigenvalue weighted by molar-refractivity contribution is -0.161. The molecule has 302 valence electrons. The minimum atomic E-state index is -4.63. The van der Waals surface area contributed by atoms with E-state index < -0.39 is 51.8 Å². The fraction of sp³-hybridized carbons (Fsp3) is 0.750. The van der Waals surface area contributed by atoms with Crippen LogP contribution in [0.1, 0.15) is 143 Å². The second-order valence-electron chi connectivity index (χ2n) is 13.6. The molecule has 0 rings (SSSR count). The highest BCUT2D eigenvalue weighted by Crippen LogP contribution is 2.43. The number of carbonyl (C=O) groups is 2. The Morgan fingerprint density at radius 2 is 1.15 bits per heavy atom. The molecule has 0 aliphatic heterocycles. The van der Waals surface area contributed by atoms with Gasteiger partial charge in [0.1, 0.15) is 12.7 Å². The molecule has 4 atom stereocenters. The highest BCUT2D eigenvalue weighted by molar-refractivity contribution is 7.47. The highest BCUT2D eigenvalue weighted by atomic mass is 31.2. The van der Waals surface area contributed by atoms with E-state index in [0.717, 1.165) is 63.7 Å². The summed E-state index contributed by atoms with van der Waals surface area (Å²) in [6, 6.07) is 0. The van der Waals surface area contributed by atoms with E-state index in [0.29, 0.717) is 19.3 Å². The van der Waals surface area contributed by atoms with Crippen molar-refractivity contribution in [2.75, 3.05) is 26.4 Å². The number of rotatable bonds is 35. The smallest absolute Gasteiger partial charge is 0.462 e. The number of esters is 2. The SMILES string of the molecule is CC[C@H](O)CC/C=C\C/C=C\C/C=C\C/C=C\CCCC(=O)OC[C@H](COP(=O)(O)OC[C@@H](O)CO)OC(=O)CCCCCCCCCCC(C)C. The lowest BCUT2D eigenvalue weighted by Crippen LogP contribution is -2.29. The van der Waals surface area contributed by atoms with Crippen LogP contribution in [0.5, 0.6) is 0 Å². The Morgan fingerprint density at radius 3 is 1.73 bits per heavy atom. The van der Waals surface area contributed by atoms with Crippen LogP contribution in [0.15, 0.2) is 48.6 Å². The van der Waals surface area contributed by atoms with E-state index in [4.69, 9.17) is 19.1 Å². The number of aliphatic hydroxyl groups excluding tert-OH is 3. The second kappa shape index (κ2) is 34.6. The summed E-state index contributed by atoms with van der Waals surface area (Å²) in [5.41, 5.74) is 0. The summed E-state index contributed by atoms with van der Waals surface area (Å²) >= 11 is 0. The van der Waals surface area contributed by atoms with Gasteiger partial charge in [0.25, 0.3) is 0 Å². The zero-order valence-electron chi connectivity index (χ0n) is 32.3. The maximum atomic E-state index is 12.5.